The summed E-state index contributed by atoms with van der Waals surface area (Å²) in [6.07, 6.45) is 3.26. The Bertz CT molecular complexity index is 703. The number of nitrogens with one attached hydrogen (secondary N) is 1. The predicted molar refractivity (Wildman–Crippen MR) is 104 cm³/mol. The summed E-state index contributed by atoms with van der Waals surface area (Å²) >= 11 is 0. The van der Waals surface area contributed by atoms with Gasteiger partial charge in [-0.15, -0.1) is 12.4 Å². The third kappa shape index (κ3) is 4.97. The fraction of sp³-hybridized carbons (Fsp3) is 0.611. The zero-order chi connectivity index (χ0) is 17.9. The summed E-state index contributed by atoms with van der Waals surface area (Å²) in [6.45, 7) is 5.54. The average molecular weight is 402 g/mol. The van der Waals surface area contributed by atoms with Crippen molar-refractivity contribution in [1.29, 1.82) is 0 Å². The molecule has 2 aliphatic heterocycles. The lowest BCUT2D eigenvalue weighted by atomic mass is 10.1. The smallest absolute Gasteiger partial charge is 0.243 e. The summed E-state index contributed by atoms with van der Waals surface area (Å²) in [5, 5.41) is 3.32. The van der Waals surface area contributed by atoms with Crippen molar-refractivity contribution >= 4 is 28.3 Å². The Balaban J connectivity index is 0.00000243. The van der Waals surface area contributed by atoms with Gasteiger partial charge in [-0.2, -0.15) is 4.31 Å². The highest BCUT2D eigenvalue weighted by Gasteiger charge is 2.26. The molecule has 6 nitrogen and oxygen atoms in total. The highest BCUT2D eigenvalue weighted by atomic mass is 35.5. The standard InChI is InChI=1S/C18H27N3O3S.ClH/c1-15-14-20(12-9-19-15)18(22)13-16-5-7-17(8-6-16)25(23,24)21-10-3-2-4-11-21;/h5-8,15,19H,2-4,9-14H2,1H3;1H. The SMILES string of the molecule is CC1CN(C(=O)Cc2ccc(S(=O)(=O)N3CCCCC3)cc2)CCN1.Cl. The van der Waals surface area contributed by atoms with Crippen LogP contribution in [0.1, 0.15) is 31.7 Å². The number of nitrogens with zero attached hydrogens (tertiary/aromatic N) is 2. The van der Waals surface area contributed by atoms with Gasteiger partial charge in [0.2, 0.25) is 15.9 Å². The van der Waals surface area contributed by atoms with Crippen LogP contribution in [0.2, 0.25) is 0 Å². The van der Waals surface area contributed by atoms with Crippen LogP contribution in [0.5, 0.6) is 0 Å². The van der Waals surface area contributed by atoms with Gasteiger partial charge < -0.3 is 10.2 Å². The van der Waals surface area contributed by atoms with E-state index in [1.807, 2.05) is 4.90 Å². The summed E-state index contributed by atoms with van der Waals surface area (Å²) in [4.78, 5) is 14.6. The van der Waals surface area contributed by atoms with Gasteiger partial charge in [0.15, 0.2) is 0 Å². The quantitative estimate of drug-likeness (QED) is 0.832. The lowest BCUT2D eigenvalue weighted by Gasteiger charge is -2.32. The number of amides is 1. The molecule has 0 aliphatic carbocycles. The minimum Gasteiger partial charge on any atom is -0.340 e. The van der Waals surface area contributed by atoms with Crippen LogP contribution in [0, 0.1) is 0 Å². The van der Waals surface area contributed by atoms with Crippen molar-refractivity contribution in [2.75, 3.05) is 32.7 Å². The highest BCUT2D eigenvalue weighted by molar-refractivity contribution is 7.89. The maximum Gasteiger partial charge on any atom is 0.243 e. The molecule has 1 atom stereocenters. The third-order valence-electron chi connectivity index (χ3n) is 4.95. The molecular weight excluding hydrogens is 374 g/mol. The predicted octanol–water partition coefficient (Wildman–Crippen LogP) is 1.65. The highest BCUT2D eigenvalue weighted by Crippen LogP contribution is 2.21. The minimum absolute atomic E-state index is 0. The van der Waals surface area contributed by atoms with Crippen molar-refractivity contribution < 1.29 is 13.2 Å². The van der Waals surface area contributed by atoms with E-state index in [1.165, 1.54) is 0 Å². The molecule has 8 heteroatoms. The van der Waals surface area contributed by atoms with Crippen molar-refractivity contribution in [1.82, 2.24) is 14.5 Å². The van der Waals surface area contributed by atoms with Gasteiger partial charge in [-0.1, -0.05) is 18.6 Å². The summed E-state index contributed by atoms with van der Waals surface area (Å²) in [5.41, 5.74) is 0.855. The van der Waals surface area contributed by atoms with Gasteiger partial charge in [0.05, 0.1) is 11.3 Å². The van der Waals surface area contributed by atoms with E-state index in [2.05, 4.69) is 12.2 Å². The molecule has 0 spiro atoms. The van der Waals surface area contributed by atoms with Crippen molar-refractivity contribution in [2.24, 2.45) is 0 Å². The van der Waals surface area contributed by atoms with Gasteiger partial charge >= 0.3 is 0 Å². The van der Waals surface area contributed by atoms with E-state index in [1.54, 1.807) is 28.6 Å². The second-order valence-electron chi connectivity index (χ2n) is 6.98. The molecule has 2 heterocycles. The number of hydrogen-bond acceptors (Lipinski definition) is 4. The van der Waals surface area contributed by atoms with Crippen LogP contribution in [0.4, 0.5) is 0 Å². The number of halogens is 1. The van der Waals surface area contributed by atoms with E-state index < -0.39 is 10.0 Å². The molecule has 3 rings (SSSR count). The Morgan fingerprint density at radius 2 is 1.77 bits per heavy atom. The number of carbonyl (C=O) groups is 1. The molecule has 1 unspecified atom stereocenters. The molecule has 0 saturated carbocycles. The van der Waals surface area contributed by atoms with E-state index in [0.29, 0.717) is 30.4 Å². The van der Waals surface area contributed by atoms with Gasteiger partial charge in [0.1, 0.15) is 0 Å². The lowest BCUT2D eigenvalue weighted by molar-refractivity contribution is -0.131. The Morgan fingerprint density at radius 1 is 1.12 bits per heavy atom. The van der Waals surface area contributed by atoms with Crippen LogP contribution >= 0.6 is 12.4 Å². The lowest BCUT2D eigenvalue weighted by Crippen LogP contribution is -2.51. The molecule has 0 radical (unpaired) electrons. The molecule has 1 aromatic rings. The topological polar surface area (TPSA) is 69.7 Å². The summed E-state index contributed by atoms with van der Waals surface area (Å²) < 4.78 is 26.9. The number of sulfonamides is 1. The summed E-state index contributed by atoms with van der Waals surface area (Å²) in [5.74, 6) is 0.0972. The Kier molecular flexibility index (Phi) is 7.46. The van der Waals surface area contributed by atoms with Gasteiger partial charge in [0.25, 0.3) is 0 Å². The van der Waals surface area contributed by atoms with E-state index in [0.717, 1.165) is 44.5 Å². The third-order valence-corrected chi connectivity index (χ3v) is 6.87. The van der Waals surface area contributed by atoms with Gasteiger partial charge in [-0.3, -0.25) is 4.79 Å². The molecule has 146 valence electrons. The van der Waals surface area contributed by atoms with Crippen LogP contribution in [0.15, 0.2) is 29.2 Å². The first-order chi connectivity index (χ1) is 12.0. The molecule has 0 aromatic heterocycles. The zero-order valence-corrected chi connectivity index (χ0v) is 16.8. The molecule has 26 heavy (non-hydrogen) atoms. The van der Waals surface area contributed by atoms with Crippen molar-refractivity contribution in [2.45, 2.75) is 43.5 Å². The summed E-state index contributed by atoms with van der Waals surface area (Å²) in [7, 11) is -3.41. The number of benzene rings is 1. The van der Waals surface area contributed by atoms with Gasteiger partial charge in [0, 0.05) is 38.8 Å². The fourth-order valence-corrected chi connectivity index (χ4v) is 5.00. The molecule has 2 aliphatic rings. The number of hydrogen-bond donors (Lipinski definition) is 1. The van der Waals surface area contributed by atoms with Crippen LogP contribution in [-0.4, -0.2) is 62.3 Å². The largest absolute Gasteiger partial charge is 0.340 e. The first-order valence-corrected chi connectivity index (χ1v) is 10.5. The maximum atomic E-state index is 12.6. The number of piperazine rings is 1. The first kappa shape index (κ1) is 21.2. The van der Waals surface area contributed by atoms with Crippen molar-refractivity contribution in [3.63, 3.8) is 0 Å². The van der Waals surface area contributed by atoms with E-state index in [9.17, 15) is 13.2 Å². The Morgan fingerprint density at radius 3 is 2.38 bits per heavy atom. The Hall–Kier alpha value is -1.15. The molecule has 0 bridgehead atoms. The van der Waals surface area contributed by atoms with E-state index >= 15 is 0 Å². The molecule has 2 fully saturated rings. The Labute approximate surface area is 162 Å². The van der Waals surface area contributed by atoms with Crippen molar-refractivity contribution in [3.8, 4) is 0 Å². The van der Waals surface area contributed by atoms with E-state index in [4.69, 9.17) is 0 Å². The number of piperidine rings is 1. The normalized spacial score (nSPS) is 21.9. The maximum absolute atomic E-state index is 12.6. The molecule has 1 amide bonds. The van der Waals surface area contributed by atoms with Crippen LogP contribution in [0.3, 0.4) is 0 Å². The average Bonchev–Trinajstić information content (AvgIpc) is 2.63. The van der Waals surface area contributed by atoms with Crippen LogP contribution in [0.25, 0.3) is 0 Å². The molecular formula is C18H28ClN3O3S. The van der Waals surface area contributed by atoms with E-state index in [-0.39, 0.29) is 18.3 Å². The zero-order valence-electron chi connectivity index (χ0n) is 15.2. The molecule has 1 N–H and O–H groups in total. The van der Waals surface area contributed by atoms with Gasteiger partial charge in [-0.05, 0) is 37.5 Å². The van der Waals surface area contributed by atoms with Crippen LogP contribution < -0.4 is 5.32 Å². The second kappa shape index (κ2) is 9.17. The number of rotatable bonds is 4. The number of carbonyl (C=O) groups excluding carboxylic acids is 1. The minimum atomic E-state index is -3.41. The molecule has 1 aromatic carbocycles. The monoisotopic (exact) mass is 401 g/mol. The first-order valence-electron chi connectivity index (χ1n) is 9.07. The summed E-state index contributed by atoms with van der Waals surface area (Å²) in [6, 6.07) is 7.11. The van der Waals surface area contributed by atoms with Crippen molar-refractivity contribution in [3.05, 3.63) is 29.8 Å². The fourth-order valence-electron chi connectivity index (χ4n) is 3.48. The van der Waals surface area contributed by atoms with Gasteiger partial charge in [-0.25, -0.2) is 8.42 Å². The molecule has 2 saturated heterocycles. The van der Waals surface area contributed by atoms with Crippen LogP contribution in [-0.2, 0) is 21.2 Å². The second-order valence-corrected chi connectivity index (χ2v) is 8.92.